The predicted molar refractivity (Wildman–Crippen MR) is 105 cm³/mol. The van der Waals surface area contributed by atoms with E-state index < -0.39 is 17.7 Å². The minimum atomic E-state index is -0.790. The molecule has 4 rings (SSSR count). The Kier molecular flexibility index (Phi) is 4.81. The Morgan fingerprint density at radius 1 is 1.29 bits per heavy atom. The van der Waals surface area contributed by atoms with Gasteiger partial charge in [0.25, 0.3) is 0 Å². The summed E-state index contributed by atoms with van der Waals surface area (Å²) in [7, 11) is 0. The van der Waals surface area contributed by atoms with Crippen molar-refractivity contribution in [1.29, 1.82) is 0 Å². The number of nitrogens with one attached hydrogen (secondary N) is 1. The van der Waals surface area contributed by atoms with E-state index in [0.717, 1.165) is 35.3 Å². The highest BCUT2D eigenvalue weighted by Gasteiger charge is 2.21. The average molecular weight is 382 g/mol. The summed E-state index contributed by atoms with van der Waals surface area (Å²) >= 11 is 0. The van der Waals surface area contributed by atoms with Crippen LogP contribution in [0, 0.1) is 11.6 Å². The van der Waals surface area contributed by atoms with E-state index in [-0.39, 0.29) is 5.69 Å². The number of nitrogens with zero attached hydrogens (tertiary/aromatic N) is 3. The van der Waals surface area contributed by atoms with Gasteiger partial charge in [-0.2, -0.15) is 0 Å². The van der Waals surface area contributed by atoms with Gasteiger partial charge < -0.3 is 14.8 Å². The summed E-state index contributed by atoms with van der Waals surface area (Å²) in [6.45, 7) is 3.84. The Morgan fingerprint density at radius 2 is 2.14 bits per heavy atom. The topological polar surface area (TPSA) is 50.2 Å². The Labute approximate surface area is 161 Å². The zero-order chi connectivity index (χ0) is 19.7. The molecule has 1 N–H and O–H groups in total. The van der Waals surface area contributed by atoms with Crippen LogP contribution in [0.2, 0.25) is 0 Å². The second-order valence-electron chi connectivity index (χ2n) is 6.68. The highest BCUT2D eigenvalue weighted by molar-refractivity contribution is 5.93. The fourth-order valence-corrected chi connectivity index (χ4v) is 3.50. The molecule has 1 aliphatic heterocycles. The lowest BCUT2D eigenvalue weighted by Crippen LogP contribution is -2.38. The number of aromatic nitrogens is 2. The summed E-state index contributed by atoms with van der Waals surface area (Å²) < 4.78 is 28.9. The molecule has 0 unspecified atom stereocenters. The van der Waals surface area contributed by atoms with Gasteiger partial charge in [0.1, 0.15) is 17.3 Å². The van der Waals surface area contributed by atoms with Crippen LogP contribution in [0.15, 0.2) is 48.8 Å². The molecule has 0 spiro atoms. The van der Waals surface area contributed by atoms with Crippen LogP contribution in [0.1, 0.15) is 18.9 Å². The molecule has 3 aromatic rings. The standard InChI is InChI=1S/C21H20F2N4O/c1-2-26-13-17(16-4-3-9-24-20(16)26)14-7-10-27(11-8-14)21(28)25-19-6-5-15(22)12-18(19)23/h3-7,9,12-13H,2,8,10-11H2,1H3,(H,25,28). The number of rotatable bonds is 3. The monoisotopic (exact) mass is 382 g/mol. The fraction of sp³-hybridized carbons (Fsp3) is 0.238. The third-order valence-corrected chi connectivity index (χ3v) is 4.99. The predicted octanol–water partition coefficient (Wildman–Crippen LogP) is 4.66. The molecule has 7 heteroatoms. The maximum Gasteiger partial charge on any atom is 0.322 e. The van der Waals surface area contributed by atoms with Crippen molar-refractivity contribution in [3.05, 3.63) is 66.0 Å². The number of aryl methyl sites for hydroxylation is 1. The van der Waals surface area contributed by atoms with Gasteiger partial charge in [-0.3, -0.25) is 0 Å². The van der Waals surface area contributed by atoms with Crippen LogP contribution in [-0.4, -0.2) is 33.6 Å². The fourth-order valence-electron chi connectivity index (χ4n) is 3.50. The van der Waals surface area contributed by atoms with E-state index in [1.165, 1.54) is 11.6 Å². The van der Waals surface area contributed by atoms with E-state index in [0.29, 0.717) is 19.5 Å². The van der Waals surface area contributed by atoms with Crippen molar-refractivity contribution in [3.8, 4) is 0 Å². The maximum absolute atomic E-state index is 13.8. The largest absolute Gasteiger partial charge is 0.332 e. The first kappa shape index (κ1) is 18.2. The van der Waals surface area contributed by atoms with Crippen molar-refractivity contribution in [2.24, 2.45) is 0 Å². The molecule has 144 valence electrons. The minimum Gasteiger partial charge on any atom is -0.332 e. The van der Waals surface area contributed by atoms with Gasteiger partial charge in [-0.15, -0.1) is 0 Å². The van der Waals surface area contributed by atoms with Gasteiger partial charge in [-0.05, 0) is 43.2 Å². The molecule has 1 aliphatic rings. The van der Waals surface area contributed by atoms with Crippen LogP contribution in [-0.2, 0) is 6.54 Å². The molecule has 2 amide bonds. The lowest BCUT2D eigenvalue weighted by molar-refractivity contribution is 0.217. The summed E-state index contributed by atoms with van der Waals surface area (Å²) in [5.41, 5.74) is 3.22. The normalized spacial score (nSPS) is 14.2. The first-order chi connectivity index (χ1) is 13.6. The van der Waals surface area contributed by atoms with Gasteiger partial charge in [0.2, 0.25) is 0 Å². The van der Waals surface area contributed by atoms with Crippen molar-refractivity contribution < 1.29 is 13.6 Å². The van der Waals surface area contributed by atoms with Gasteiger partial charge in [0, 0.05) is 49.0 Å². The number of halogens is 2. The first-order valence-electron chi connectivity index (χ1n) is 9.21. The molecule has 0 bridgehead atoms. The molecule has 0 fully saturated rings. The minimum absolute atomic E-state index is 0.0294. The average Bonchev–Trinajstić information content (AvgIpc) is 3.09. The van der Waals surface area contributed by atoms with E-state index in [9.17, 15) is 13.6 Å². The van der Waals surface area contributed by atoms with Crippen LogP contribution in [0.25, 0.3) is 16.6 Å². The number of carbonyl (C=O) groups excluding carboxylic acids is 1. The van der Waals surface area contributed by atoms with Crippen LogP contribution in [0.5, 0.6) is 0 Å². The smallest absolute Gasteiger partial charge is 0.322 e. The lowest BCUT2D eigenvalue weighted by atomic mass is 10.00. The summed E-state index contributed by atoms with van der Waals surface area (Å²) in [5, 5.41) is 3.61. The number of urea groups is 1. The lowest BCUT2D eigenvalue weighted by Gasteiger charge is -2.26. The Morgan fingerprint density at radius 3 is 2.86 bits per heavy atom. The SMILES string of the molecule is CCn1cc(C2=CCN(C(=O)Nc3ccc(F)cc3F)CC2)c2cccnc21. The Bertz CT molecular complexity index is 1070. The quantitative estimate of drug-likeness (QED) is 0.717. The van der Waals surface area contributed by atoms with Crippen molar-refractivity contribution in [2.75, 3.05) is 18.4 Å². The molecular weight excluding hydrogens is 362 g/mol. The molecule has 3 heterocycles. The van der Waals surface area contributed by atoms with Crippen molar-refractivity contribution >= 4 is 28.3 Å². The van der Waals surface area contributed by atoms with Gasteiger partial charge in [0.05, 0.1) is 5.69 Å². The zero-order valence-electron chi connectivity index (χ0n) is 15.5. The second kappa shape index (κ2) is 7.42. The highest BCUT2D eigenvalue weighted by atomic mass is 19.1. The van der Waals surface area contributed by atoms with Gasteiger partial charge in [-0.25, -0.2) is 18.6 Å². The molecule has 1 aromatic carbocycles. The Hall–Kier alpha value is -3.22. The highest BCUT2D eigenvalue weighted by Crippen LogP contribution is 2.30. The van der Waals surface area contributed by atoms with E-state index in [2.05, 4.69) is 34.1 Å². The number of pyridine rings is 1. The number of benzene rings is 1. The summed E-state index contributed by atoms with van der Waals surface area (Å²) in [5.74, 6) is -1.47. The van der Waals surface area contributed by atoms with Gasteiger partial charge >= 0.3 is 6.03 Å². The summed E-state index contributed by atoms with van der Waals surface area (Å²) in [6, 6.07) is 6.66. The van der Waals surface area contributed by atoms with Crippen molar-refractivity contribution in [2.45, 2.75) is 19.9 Å². The van der Waals surface area contributed by atoms with Crippen LogP contribution < -0.4 is 5.32 Å². The van der Waals surface area contributed by atoms with Gasteiger partial charge in [0.15, 0.2) is 0 Å². The summed E-state index contributed by atoms with van der Waals surface area (Å²) in [6.07, 6.45) is 6.60. The number of hydrogen-bond acceptors (Lipinski definition) is 2. The molecule has 0 saturated heterocycles. The number of anilines is 1. The number of amides is 2. The third-order valence-electron chi connectivity index (χ3n) is 4.99. The number of carbonyl (C=O) groups is 1. The zero-order valence-corrected chi connectivity index (χ0v) is 15.5. The van der Waals surface area contributed by atoms with Crippen molar-refractivity contribution in [3.63, 3.8) is 0 Å². The number of hydrogen-bond donors (Lipinski definition) is 1. The van der Waals surface area contributed by atoms with E-state index in [1.807, 2.05) is 12.1 Å². The van der Waals surface area contributed by atoms with Crippen LogP contribution in [0.3, 0.4) is 0 Å². The maximum atomic E-state index is 13.8. The van der Waals surface area contributed by atoms with E-state index >= 15 is 0 Å². The first-order valence-corrected chi connectivity index (χ1v) is 9.21. The summed E-state index contributed by atoms with van der Waals surface area (Å²) in [4.78, 5) is 18.5. The second-order valence-corrected chi connectivity index (χ2v) is 6.68. The number of fused-ring (bicyclic) bond motifs is 1. The molecule has 5 nitrogen and oxygen atoms in total. The molecule has 28 heavy (non-hydrogen) atoms. The molecule has 0 aliphatic carbocycles. The molecular formula is C21H20F2N4O. The van der Waals surface area contributed by atoms with Gasteiger partial charge in [-0.1, -0.05) is 6.08 Å². The molecule has 0 radical (unpaired) electrons. The van der Waals surface area contributed by atoms with Crippen LogP contribution in [0.4, 0.5) is 19.3 Å². The third kappa shape index (κ3) is 3.35. The molecule has 2 aromatic heterocycles. The van der Waals surface area contributed by atoms with E-state index in [4.69, 9.17) is 0 Å². The Balaban J connectivity index is 1.51. The molecule has 0 saturated carbocycles. The molecule has 0 atom stereocenters. The van der Waals surface area contributed by atoms with Crippen molar-refractivity contribution in [1.82, 2.24) is 14.5 Å². The van der Waals surface area contributed by atoms with E-state index in [1.54, 1.807) is 11.1 Å². The van der Waals surface area contributed by atoms with Crippen LogP contribution >= 0.6 is 0 Å².